The maximum atomic E-state index is 5.23. The van der Waals surface area contributed by atoms with Gasteiger partial charge in [0.25, 0.3) is 0 Å². The van der Waals surface area contributed by atoms with E-state index in [1.807, 2.05) is 48.8 Å². The van der Waals surface area contributed by atoms with Crippen LogP contribution in [0.4, 0.5) is 0 Å². The molecular formula is C47H30N4. The van der Waals surface area contributed by atoms with Crippen LogP contribution in [0, 0.1) is 0 Å². The highest BCUT2D eigenvalue weighted by Crippen LogP contribution is 2.58. The molecule has 0 saturated carbocycles. The summed E-state index contributed by atoms with van der Waals surface area (Å²) in [7, 11) is 0. The Balaban J connectivity index is 1.20. The molecule has 0 N–H and O–H groups in total. The molecule has 4 nitrogen and oxygen atoms in total. The predicted molar refractivity (Wildman–Crippen MR) is 206 cm³/mol. The summed E-state index contributed by atoms with van der Waals surface area (Å²) in [6.07, 6.45) is 10.0. The molecule has 0 saturated heterocycles. The average molecular weight is 651 g/mol. The number of aromatic nitrogens is 4. The summed E-state index contributed by atoms with van der Waals surface area (Å²) in [4.78, 5) is 19.4. The molecule has 51 heavy (non-hydrogen) atoms. The van der Waals surface area contributed by atoms with Crippen molar-refractivity contribution in [2.24, 2.45) is 0 Å². The first kappa shape index (κ1) is 29.2. The van der Waals surface area contributed by atoms with Crippen molar-refractivity contribution in [2.75, 3.05) is 0 Å². The van der Waals surface area contributed by atoms with Crippen molar-refractivity contribution in [1.29, 1.82) is 0 Å². The van der Waals surface area contributed by atoms with Crippen LogP contribution in [0.15, 0.2) is 170 Å². The Hall–Kier alpha value is -6.78. The molecule has 8 aromatic rings. The number of hydrogen-bond donors (Lipinski definition) is 0. The fraction of sp³-hybridized carbons (Fsp3) is 0.0213. The van der Waals surface area contributed by atoms with Gasteiger partial charge in [-0.2, -0.15) is 0 Å². The highest BCUT2D eigenvalue weighted by Gasteiger charge is 2.48. The standard InChI is InChI=1S/C47H30N4/c1-2-12-33(13-3-1)46-50-44(28-45(51-46)36-24-25-43(49-30-36)35-14-10-26-48-29-35)34-23-22-32-21-20-31-11-4-7-17-39(31)47(42(32)27-34)40-18-8-5-15-37(40)38-16-6-9-19-41(38)47/h1-30H. The third-order valence-electron chi connectivity index (χ3n) is 10.3. The van der Waals surface area contributed by atoms with Crippen LogP contribution >= 0.6 is 0 Å². The molecule has 0 atom stereocenters. The number of nitrogens with zero attached hydrogens (tertiary/aromatic N) is 4. The second-order valence-corrected chi connectivity index (χ2v) is 13.1. The molecule has 3 aromatic heterocycles. The van der Waals surface area contributed by atoms with E-state index in [0.29, 0.717) is 5.82 Å². The Bertz CT molecular complexity index is 2580. The molecule has 10 rings (SSSR count). The lowest BCUT2D eigenvalue weighted by Crippen LogP contribution is -2.30. The lowest BCUT2D eigenvalue weighted by Gasteiger charge is -2.35. The summed E-state index contributed by atoms with van der Waals surface area (Å²) >= 11 is 0. The third-order valence-corrected chi connectivity index (χ3v) is 10.3. The Kier molecular flexibility index (Phi) is 6.68. The van der Waals surface area contributed by atoms with Gasteiger partial charge in [-0.05, 0) is 80.9 Å². The molecule has 0 fully saturated rings. The van der Waals surface area contributed by atoms with Crippen LogP contribution in [-0.4, -0.2) is 19.9 Å². The number of pyridine rings is 2. The Morgan fingerprint density at radius 1 is 0.392 bits per heavy atom. The molecular weight excluding hydrogens is 621 g/mol. The van der Waals surface area contributed by atoms with E-state index in [9.17, 15) is 0 Å². The Morgan fingerprint density at radius 3 is 1.71 bits per heavy atom. The summed E-state index contributed by atoms with van der Waals surface area (Å²) in [5.74, 6) is 0.672. The Morgan fingerprint density at radius 2 is 1.00 bits per heavy atom. The van der Waals surface area contributed by atoms with Crippen LogP contribution in [0.3, 0.4) is 0 Å². The minimum Gasteiger partial charge on any atom is -0.264 e. The number of hydrogen-bond acceptors (Lipinski definition) is 4. The first-order valence-electron chi connectivity index (χ1n) is 17.2. The zero-order chi connectivity index (χ0) is 33.8. The molecule has 2 aliphatic rings. The van der Waals surface area contributed by atoms with E-state index in [-0.39, 0.29) is 0 Å². The maximum absolute atomic E-state index is 5.23. The zero-order valence-electron chi connectivity index (χ0n) is 27.6. The molecule has 0 amide bonds. The summed E-state index contributed by atoms with van der Waals surface area (Å²) in [6.45, 7) is 0. The second-order valence-electron chi connectivity index (χ2n) is 13.1. The fourth-order valence-corrected chi connectivity index (χ4v) is 8.00. The van der Waals surface area contributed by atoms with Gasteiger partial charge in [0.2, 0.25) is 0 Å². The number of fused-ring (bicyclic) bond motifs is 9. The average Bonchev–Trinajstić information content (AvgIpc) is 3.42. The van der Waals surface area contributed by atoms with Gasteiger partial charge in [0, 0.05) is 40.8 Å². The van der Waals surface area contributed by atoms with Crippen LogP contribution in [0.5, 0.6) is 0 Å². The van der Waals surface area contributed by atoms with E-state index < -0.39 is 5.41 Å². The van der Waals surface area contributed by atoms with E-state index in [4.69, 9.17) is 15.0 Å². The lowest BCUT2D eigenvalue weighted by atomic mass is 9.66. The van der Waals surface area contributed by atoms with E-state index in [1.165, 1.54) is 44.5 Å². The molecule has 0 radical (unpaired) electrons. The van der Waals surface area contributed by atoms with Crippen LogP contribution < -0.4 is 0 Å². The first-order valence-corrected chi connectivity index (χ1v) is 17.2. The lowest BCUT2D eigenvalue weighted by molar-refractivity contribution is 0.766. The van der Waals surface area contributed by atoms with Gasteiger partial charge in [-0.1, -0.05) is 127 Å². The van der Waals surface area contributed by atoms with Crippen LogP contribution in [0.25, 0.3) is 68.4 Å². The highest BCUT2D eigenvalue weighted by atomic mass is 14.9. The summed E-state index contributed by atoms with van der Waals surface area (Å²) in [6, 6.07) is 53.8. The van der Waals surface area contributed by atoms with E-state index in [0.717, 1.165) is 39.3 Å². The van der Waals surface area contributed by atoms with Gasteiger partial charge >= 0.3 is 0 Å². The van der Waals surface area contributed by atoms with Crippen LogP contribution in [-0.2, 0) is 5.41 Å². The number of rotatable bonds is 4. The van der Waals surface area contributed by atoms with Gasteiger partial charge in [0.15, 0.2) is 5.82 Å². The van der Waals surface area contributed by atoms with E-state index in [2.05, 4.69) is 132 Å². The summed E-state index contributed by atoms with van der Waals surface area (Å²) < 4.78 is 0. The van der Waals surface area contributed by atoms with Crippen molar-refractivity contribution in [3.63, 3.8) is 0 Å². The Labute approximate surface area is 296 Å². The third kappa shape index (κ3) is 4.61. The zero-order valence-corrected chi connectivity index (χ0v) is 27.6. The predicted octanol–water partition coefficient (Wildman–Crippen LogP) is 10.8. The van der Waals surface area contributed by atoms with Crippen molar-refractivity contribution in [1.82, 2.24) is 19.9 Å². The summed E-state index contributed by atoms with van der Waals surface area (Å²) in [5.41, 5.74) is 16.0. The van der Waals surface area contributed by atoms with Crippen molar-refractivity contribution in [3.05, 3.63) is 204 Å². The minimum absolute atomic E-state index is 0.511. The second kappa shape index (κ2) is 11.7. The van der Waals surface area contributed by atoms with Crippen LogP contribution in [0.1, 0.15) is 33.4 Å². The van der Waals surface area contributed by atoms with Crippen molar-refractivity contribution >= 4 is 12.2 Å². The molecule has 0 unspecified atom stereocenters. The van der Waals surface area contributed by atoms with Crippen molar-refractivity contribution in [3.8, 4) is 56.3 Å². The molecule has 0 bridgehead atoms. The van der Waals surface area contributed by atoms with Gasteiger partial charge in [0.1, 0.15) is 0 Å². The smallest absolute Gasteiger partial charge is 0.160 e. The monoisotopic (exact) mass is 650 g/mol. The highest BCUT2D eigenvalue weighted by molar-refractivity contribution is 5.92. The maximum Gasteiger partial charge on any atom is 0.160 e. The minimum atomic E-state index is -0.511. The topological polar surface area (TPSA) is 51.6 Å². The molecule has 1 spiro atoms. The molecule has 0 aliphatic heterocycles. The fourth-order valence-electron chi connectivity index (χ4n) is 8.00. The normalized spacial score (nSPS) is 13.2. The molecule has 5 aromatic carbocycles. The van der Waals surface area contributed by atoms with Gasteiger partial charge < -0.3 is 0 Å². The quantitative estimate of drug-likeness (QED) is 0.190. The van der Waals surface area contributed by atoms with Crippen molar-refractivity contribution in [2.45, 2.75) is 5.41 Å². The van der Waals surface area contributed by atoms with E-state index in [1.54, 1.807) is 6.20 Å². The van der Waals surface area contributed by atoms with E-state index >= 15 is 0 Å². The van der Waals surface area contributed by atoms with Gasteiger partial charge in [-0.3, -0.25) is 9.97 Å². The van der Waals surface area contributed by atoms with Crippen LogP contribution in [0.2, 0.25) is 0 Å². The molecule has 238 valence electrons. The largest absolute Gasteiger partial charge is 0.264 e. The molecule has 3 heterocycles. The van der Waals surface area contributed by atoms with Gasteiger partial charge in [-0.15, -0.1) is 0 Å². The SMILES string of the molecule is C1=Cc2ccc(-c3cc(-c4ccc(-c5cccnc5)nc4)nc(-c4ccccc4)n3)cc2C2(c3ccccc31)c1ccccc1-c1ccccc12. The molecule has 2 aliphatic carbocycles. The van der Waals surface area contributed by atoms with Crippen molar-refractivity contribution < 1.29 is 0 Å². The summed E-state index contributed by atoms with van der Waals surface area (Å²) in [5, 5.41) is 0. The molecule has 4 heteroatoms. The first-order chi connectivity index (χ1) is 25.3. The van der Waals surface area contributed by atoms with Gasteiger partial charge in [0.05, 0.1) is 22.5 Å². The van der Waals surface area contributed by atoms with Gasteiger partial charge in [-0.25, -0.2) is 9.97 Å². The number of benzene rings is 5.